The summed E-state index contributed by atoms with van der Waals surface area (Å²) in [7, 11) is 0. The van der Waals surface area contributed by atoms with Crippen molar-refractivity contribution in [2.24, 2.45) is 5.73 Å². The Kier molecular flexibility index (Phi) is 4.71. The molecular weight excluding hydrogens is 302 g/mol. The molecule has 0 spiro atoms. The minimum absolute atomic E-state index is 0.400. The van der Waals surface area contributed by atoms with Crippen LogP contribution < -0.4 is 15.2 Å². The van der Waals surface area contributed by atoms with Crippen molar-refractivity contribution in [3.8, 4) is 23.3 Å². The van der Waals surface area contributed by atoms with E-state index < -0.39 is 0 Å². The van der Waals surface area contributed by atoms with Gasteiger partial charge in [0.15, 0.2) is 11.5 Å². The van der Waals surface area contributed by atoms with E-state index in [0.29, 0.717) is 19.8 Å². The first kappa shape index (κ1) is 14.3. The Hall–Kier alpha value is -1.61. The second-order valence-electron chi connectivity index (χ2n) is 4.40. The molecule has 2 heterocycles. The molecule has 0 radical (unpaired) electrons. The number of ether oxygens (including phenoxy) is 2. The van der Waals surface area contributed by atoms with Crippen molar-refractivity contribution in [1.29, 1.82) is 0 Å². The van der Waals surface area contributed by atoms with E-state index in [-0.39, 0.29) is 0 Å². The quantitative estimate of drug-likeness (QED) is 0.698. The van der Waals surface area contributed by atoms with E-state index >= 15 is 0 Å². The van der Waals surface area contributed by atoms with Gasteiger partial charge in [0.05, 0.1) is 6.54 Å². The Morgan fingerprint density at radius 2 is 2.05 bits per heavy atom. The molecule has 3 nitrogen and oxygen atoms in total. The van der Waals surface area contributed by atoms with Gasteiger partial charge in [0.2, 0.25) is 0 Å². The monoisotopic (exact) mass is 317 g/mol. The number of hydrogen-bond acceptors (Lipinski definition) is 5. The molecule has 0 unspecified atom stereocenters. The van der Waals surface area contributed by atoms with Crippen LogP contribution in [-0.2, 0) is 5.75 Å². The van der Waals surface area contributed by atoms with E-state index in [2.05, 4.69) is 29.4 Å². The van der Waals surface area contributed by atoms with Crippen LogP contribution in [0.4, 0.5) is 0 Å². The Labute approximate surface area is 132 Å². The first-order chi connectivity index (χ1) is 10.3. The number of fused-ring (bicyclic) bond motifs is 1. The molecule has 2 aromatic rings. The average Bonchev–Trinajstić information content (AvgIpc) is 2.98. The first-order valence-corrected chi connectivity index (χ1v) is 8.50. The van der Waals surface area contributed by atoms with E-state index in [1.165, 1.54) is 9.77 Å². The van der Waals surface area contributed by atoms with Crippen molar-refractivity contribution in [1.82, 2.24) is 0 Å². The standard InChI is InChI=1S/C16H15NO2S2/c17-5-1-2-12-8-14(20-10-12)11-21-13-3-4-15-16(9-13)19-7-6-18-15/h3-4,8-10H,5-7,11,17H2. The first-order valence-electron chi connectivity index (χ1n) is 6.64. The predicted molar refractivity (Wildman–Crippen MR) is 87.2 cm³/mol. The van der Waals surface area contributed by atoms with Crippen LogP contribution in [0, 0.1) is 11.8 Å². The lowest BCUT2D eigenvalue weighted by Gasteiger charge is -2.18. The van der Waals surface area contributed by atoms with Gasteiger partial charge in [-0.3, -0.25) is 0 Å². The topological polar surface area (TPSA) is 44.5 Å². The maximum atomic E-state index is 5.60. The molecule has 0 bridgehead atoms. The minimum Gasteiger partial charge on any atom is -0.486 e. The highest BCUT2D eigenvalue weighted by atomic mass is 32.2. The molecule has 21 heavy (non-hydrogen) atoms. The van der Waals surface area contributed by atoms with Crippen LogP contribution in [0.3, 0.4) is 0 Å². The summed E-state index contributed by atoms with van der Waals surface area (Å²) >= 11 is 3.51. The number of thiophene rings is 1. The Balaban J connectivity index is 1.63. The maximum Gasteiger partial charge on any atom is 0.162 e. The summed E-state index contributed by atoms with van der Waals surface area (Å²) in [6.07, 6.45) is 0. The van der Waals surface area contributed by atoms with E-state index in [1.807, 2.05) is 12.1 Å². The van der Waals surface area contributed by atoms with Gasteiger partial charge in [0.25, 0.3) is 0 Å². The second-order valence-corrected chi connectivity index (χ2v) is 6.45. The molecule has 0 saturated carbocycles. The number of rotatable bonds is 3. The van der Waals surface area contributed by atoms with Gasteiger partial charge in [0.1, 0.15) is 13.2 Å². The predicted octanol–water partition coefficient (Wildman–Crippen LogP) is 3.12. The highest BCUT2D eigenvalue weighted by molar-refractivity contribution is 7.98. The van der Waals surface area contributed by atoms with Gasteiger partial charge in [-0.05, 0) is 24.3 Å². The SMILES string of the molecule is NCC#Cc1csc(CSc2ccc3c(c2)OCCO3)c1. The zero-order valence-corrected chi connectivity index (χ0v) is 13.1. The summed E-state index contributed by atoms with van der Waals surface area (Å²) < 4.78 is 11.1. The third-order valence-corrected chi connectivity index (χ3v) is 5.05. The summed E-state index contributed by atoms with van der Waals surface area (Å²) in [5, 5.41) is 2.07. The summed E-state index contributed by atoms with van der Waals surface area (Å²) in [5.74, 6) is 8.53. The van der Waals surface area contributed by atoms with Crippen molar-refractivity contribution in [3.05, 3.63) is 40.1 Å². The van der Waals surface area contributed by atoms with Crippen LogP contribution in [0.25, 0.3) is 0 Å². The zero-order chi connectivity index (χ0) is 14.5. The van der Waals surface area contributed by atoms with Gasteiger partial charge in [-0.15, -0.1) is 23.1 Å². The Morgan fingerprint density at radius 3 is 2.90 bits per heavy atom. The lowest BCUT2D eigenvalue weighted by Crippen LogP contribution is -2.15. The zero-order valence-electron chi connectivity index (χ0n) is 11.4. The molecule has 5 heteroatoms. The van der Waals surface area contributed by atoms with Gasteiger partial charge in [-0.25, -0.2) is 0 Å². The fourth-order valence-electron chi connectivity index (χ4n) is 1.94. The molecule has 3 rings (SSSR count). The number of thioether (sulfide) groups is 1. The van der Waals surface area contributed by atoms with Crippen LogP contribution in [0.1, 0.15) is 10.4 Å². The Morgan fingerprint density at radius 1 is 1.19 bits per heavy atom. The van der Waals surface area contributed by atoms with Crippen LogP contribution in [0.2, 0.25) is 0 Å². The Bertz CT molecular complexity index is 685. The minimum atomic E-state index is 0.400. The van der Waals surface area contributed by atoms with Gasteiger partial charge in [0, 0.05) is 26.5 Å². The fourth-order valence-corrected chi connectivity index (χ4v) is 3.74. The fraction of sp³-hybridized carbons (Fsp3) is 0.250. The molecule has 0 saturated heterocycles. The largest absolute Gasteiger partial charge is 0.486 e. The molecule has 108 valence electrons. The van der Waals surface area contributed by atoms with Gasteiger partial charge < -0.3 is 15.2 Å². The van der Waals surface area contributed by atoms with Crippen molar-refractivity contribution < 1.29 is 9.47 Å². The molecule has 0 atom stereocenters. The molecule has 1 aliphatic heterocycles. The van der Waals surface area contributed by atoms with Crippen LogP contribution in [0.15, 0.2) is 34.5 Å². The molecule has 1 aromatic heterocycles. The summed E-state index contributed by atoms with van der Waals surface area (Å²) in [4.78, 5) is 2.48. The number of benzene rings is 1. The third-order valence-electron chi connectivity index (χ3n) is 2.88. The van der Waals surface area contributed by atoms with Crippen LogP contribution in [0.5, 0.6) is 11.5 Å². The highest BCUT2D eigenvalue weighted by Gasteiger charge is 2.12. The van der Waals surface area contributed by atoms with Crippen molar-refractivity contribution in [2.75, 3.05) is 19.8 Å². The smallest absolute Gasteiger partial charge is 0.162 e. The highest BCUT2D eigenvalue weighted by Crippen LogP contribution is 2.35. The van der Waals surface area contributed by atoms with E-state index in [9.17, 15) is 0 Å². The summed E-state index contributed by atoms with van der Waals surface area (Å²) in [6, 6.07) is 8.21. The molecule has 0 fully saturated rings. The van der Waals surface area contributed by atoms with Gasteiger partial charge in [-0.2, -0.15) is 0 Å². The van der Waals surface area contributed by atoms with E-state index in [0.717, 1.165) is 22.8 Å². The average molecular weight is 317 g/mol. The maximum absolute atomic E-state index is 5.60. The van der Waals surface area contributed by atoms with E-state index in [1.54, 1.807) is 23.1 Å². The molecule has 0 aliphatic carbocycles. The van der Waals surface area contributed by atoms with Crippen molar-refractivity contribution >= 4 is 23.1 Å². The lowest BCUT2D eigenvalue weighted by atomic mass is 10.3. The number of hydrogen-bond donors (Lipinski definition) is 1. The normalized spacial score (nSPS) is 12.6. The molecule has 0 amide bonds. The van der Waals surface area contributed by atoms with Gasteiger partial charge >= 0.3 is 0 Å². The lowest BCUT2D eigenvalue weighted by molar-refractivity contribution is 0.171. The van der Waals surface area contributed by atoms with Crippen molar-refractivity contribution in [2.45, 2.75) is 10.6 Å². The van der Waals surface area contributed by atoms with Crippen LogP contribution in [-0.4, -0.2) is 19.8 Å². The molecule has 1 aliphatic rings. The third kappa shape index (κ3) is 3.73. The molecule has 2 N–H and O–H groups in total. The molecule has 1 aromatic carbocycles. The van der Waals surface area contributed by atoms with Crippen molar-refractivity contribution in [3.63, 3.8) is 0 Å². The summed E-state index contributed by atoms with van der Waals surface area (Å²) in [5.41, 5.74) is 6.42. The summed E-state index contributed by atoms with van der Waals surface area (Å²) in [6.45, 7) is 1.65. The number of nitrogens with two attached hydrogens (primary N) is 1. The van der Waals surface area contributed by atoms with Gasteiger partial charge in [-0.1, -0.05) is 11.8 Å². The molecular formula is C16H15NO2S2. The van der Waals surface area contributed by atoms with Crippen LogP contribution >= 0.6 is 23.1 Å². The second kappa shape index (κ2) is 6.90. The van der Waals surface area contributed by atoms with E-state index in [4.69, 9.17) is 15.2 Å².